The number of anilines is 1. The minimum atomic E-state index is -0.516. The average Bonchev–Trinajstić information content (AvgIpc) is 3.23. The van der Waals surface area contributed by atoms with Crippen molar-refractivity contribution >= 4 is 23.3 Å². The Kier molecular flexibility index (Phi) is 4.18. The van der Waals surface area contributed by atoms with Gasteiger partial charge in [-0.25, -0.2) is 9.97 Å². The largest absolute Gasteiger partial charge is 0.369 e. The van der Waals surface area contributed by atoms with Crippen molar-refractivity contribution in [1.29, 1.82) is 0 Å². The summed E-state index contributed by atoms with van der Waals surface area (Å²) in [7, 11) is 1.64. The summed E-state index contributed by atoms with van der Waals surface area (Å²) >= 11 is 6.16. The van der Waals surface area contributed by atoms with Gasteiger partial charge in [-0.1, -0.05) is 11.6 Å². The lowest BCUT2D eigenvalue weighted by Gasteiger charge is -2.23. The highest BCUT2D eigenvalue weighted by molar-refractivity contribution is 6.30. The number of nitrogens with zero attached hydrogens (tertiary/aromatic N) is 2. The van der Waals surface area contributed by atoms with Gasteiger partial charge in [0.05, 0.1) is 5.41 Å². The summed E-state index contributed by atoms with van der Waals surface area (Å²) in [4.78, 5) is 20.7. The van der Waals surface area contributed by atoms with E-state index in [4.69, 9.17) is 11.6 Å². The SMILES string of the molecule is CNC(=O)C(C)(C)CNc1nc(C2CC2)nc(Cl)c1C. The molecule has 20 heavy (non-hydrogen) atoms. The zero-order valence-electron chi connectivity index (χ0n) is 12.4. The van der Waals surface area contributed by atoms with E-state index in [1.54, 1.807) is 7.05 Å². The van der Waals surface area contributed by atoms with E-state index in [9.17, 15) is 4.79 Å². The van der Waals surface area contributed by atoms with Crippen LogP contribution >= 0.6 is 11.6 Å². The molecule has 1 saturated carbocycles. The van der Waals surface area contributed by atoms with E-state index in [2.05, 4.69) is 20.6 Å². The summed E-state index contributed by atoms with van der Waals surface area (Å²) in [5.74, 6) is 1.97. The Bertz CT molecular complexity index is 526. The van der Waals surface area contributed by atoms with Crippen molar-refractivity contribution < 1.29 is 4.79 Å². The van der Waals surface area contributed by atoms with Gasteiger partial charge in [-0.05, 0) is 33.6 Å². The average molecular weight is 297 g/mol. The van der Waals surface area contributed by atoms with Crippen molar-refractivity contribution in [2.24, 2.45) is 5.41 Å². The first-order valence-corrected chi connectivity index (χ1v) is 7.23. The van der Waals surface area contributed by atoms with Crippen LogP contribution in [0.1, 0.15) is 44.0 Å². The highest BCUT2D eigenvalue weighted by atomic mass is 35.5. The predicted octanol–water partition coefficient (Wildman–Crippen LogP) is 2.50. The molecule has 1 heterocycles. The van der Waals surface area contributed by atoms with E-state index in [0.29, 0.717) is 17.6 Å². The van der Waals surface area contributed by atoms with Crippen LogP contribution in [0, 0.1) is 12.3 Å². The third-order valence-corrected chi connectivity index (χ3v) is 3.95. The second-order valence-electron chi connectivity index (χ2n) is 5.94. The van der Waals surface area contributed by atoms with E-state index in [0.717, 1.165) is 30.0 Å². The fourth-order valence-corrected chi connectivity index (χ4v) is 2.10. The highest BCUT2D eigenvalue weighted by Crippen LogP contribution is 2.39. The second-order valence-corrected chi connectivity index (χ2v) is 6.30. The molecule has 0 spiro atoms. The fourth-order valence-electron chi connectivity index (χ4n) is 1.93. The van der Waals surface area contributed by atoms with E-state index in [1.165, 1.54) is 0 Å². The minimum Gasteiger partial charge on any atom is -0.369 e. The van der Waals surface area contributed by atoms with Crippen LogP contribution in [0.25, 0.3) is 0 Å². The van der Waals surface area contributed by atoms with Crippen LogP contribution < -0.4 is 10.6 Å². The molecule has 2 rings (SSSR count). The van der Waals surface area contributed by atoms with Crippen LogP contribution in [0.15, 0.2) is 0 Å². The molecule has 0 aromatic carbocycles. The van der Waals surface area contributed by atoms with Crippen LogP contribution in [0.2, 0.25) is 5.15 Å². The first kappa shape index (κ1) is 15.0. The molecule has 5 nitrogen and oxygen atoms in total. The van der Waals surface area contributed by atoms with Crippen molar-refractivity contribution in [3.05, 3.63) is 16.5 Å². The van der Waals surface area contributed by atoms with Gasteiger partial charge in [0, 0.05) is 25.1 Å². The first-order valence-electron chi connectivity index (χ1n) is 6.85. The van der Waals surface area contributed by atoms with Crippen LogP contribution in [0.3, 0.4) is 0 Å². The zero-order chi connectivity index (χ0) is 14.9. The Morgan fingerprint density at radius 1 is 1.40 bits per heavy atom. The Morgan fingerprint density at radius 3 is 2.60 bits per heavy atom. The summed E-state index contributed by atoms with van der Waals surface area (Å²) in [5.41, 5.74) is 0.307. The molecule has 1 aromatic heterocycles. The number of carbonyl (C=O) groups is 1. The Balaban J connectivity index is 2.14. The third kappa shape index (κ3) is 3.20. The fraction of sp³-hybridized carbons (Fsp3) is 0.643. The van der Waals surface area contributed by atoms with Gasteiger partial charge in [-0.3, -0.25) is 4.79 Å². The number of hydrogen-bond acceptors (Lipinski definition) is 4. The molecule has 6 heteroatoms. The van der Waals surface area contributed by atoms with Gasteiger partial charge in [0.2, 0.25) is 5.91 Å². The van der Waals surface area contributed by atoms with Crippen molar-refractivity contribution in [2.45, 2.75) is 39.5 Å². The summed E-state index contributed by atoms with van der Waals surface area (Å²) < 4.78 is 0. The lowest BCUT2D eigenvalue weighted by Crippen LogP contribution is -2.39. The smallest absolute Gasteiger partial charge is 0.227 e. The zero-order valence-corrected chi connectivity index (χ0v) is 13.1. The molecular formula is C14H21ClN4O. The number of hydrogen-bond donors (Lipinski definition) is 2. The monoisotopic (exact) mass is 296 g/mol. The van der Waals surface area contributed by atoms with Gasteiger partial charge >= 0.3 is 0 Å². The molecule has 0 bridgehead atoms. The Hall–Kier alpha value is -1.36. The van der Waals surface area contributed by atoms with Gasteiger partial charge in [0.25, 0.3) is 0 Å². The van der Waals surface area contributed by atoms with E-state index in [-0.39, 0.29) is 5.91 Å². The normalized spacial score (nSPS) is 15.1. The molecule has 1 aliphatic carbocycles. The van der Waals surface area contributed by atoms with Gasteiger partial charge in [0.1, 0.15) is 16.8 Å². The molecule has 0 unspecified atom stereocenters. The third-order valence-electron chi connectivity index (χ3n) is 3.59. The highest BCUT2D eigenvalue weighted by Gasteiger charge is 2.29. The number of aromatic nitrogens is 2. The first-order chi connectivity index (χ1) is 9.35. The number of nitrogens with one attached hydrogen (secondary N) is 2. The van der Waals surface area contributed by atoms with Crippen molar-refractivity contribution in [3.8, 4) is 0 Å². The lowest BCUT2D eigenvalue weighted by molar-refractivity contribution is -0.128. The number of halogens is 1. The summed E-state index contributed by atoms with van der Waals surface area (Å²) in [5, 5.41) is 6.39. The maximum atomic E-state index is 11.8. The number of amides is 1. The molecule has 1 fully saturated rings. The van der Waals surface area contributed by atoms with Crippen LogP contribution in [0.5, 0.6) is 0 Å². The standard InChI is InChI=1S/C14H21ClN4O/c1-8-10(15)18-12(9-5-6-9)19-11(8)17-7-14(2,3)13(20)16-4/h9H,5-7H2,1-4H3,(H,16,20)(H,17,18,19). The Labute approximate surface area is 124 Å². The van der Waals surface area contributed by atoms with E-state index in [1.807, 2.05) is 20.8 Å². The van der Waals surface area contributed by atoms with Crippen LogP contribution in [-0.4, -0.2) is 29.5 Å². The molecule has 1 aromatic rings. The van der Waals surface area contributed by atoms with Gasteiger partial charge < -0.3 is 10.6 Å². The summed E-state index contributed by atoms with van der Waals surface area (Å²) in [6.07, 6.45) is 2.26. The molecule has 2 N–H and O–H groups in total. The molecule has 0 saturated heterocycles. The van der Waals surface area contributed by atoms with Crippen LogP contribution in [-0.2, 0) is 4.79 Å². The van der Waals surface area contributed by atoms with Crippen molar-refractivity contribution in [1.82, 2.24) is 15.3 Å². The number of carbonyl (C=O) groups excluding carboxylic acids is 1. The Morgan fingerprint density at radius 2 is 2.05 bits per heavy atom. The van der Waals surface area contributed by atoms with Crippen molar-refractivity contribution in [3.63, 3.8) is 0 Å². The molecule has 1 amide bonds. The summed E-state index contributed by atoms with van der Waals surface area (Å²) in [6.45, 7) is 6.15. The van der Waals surface area contributed by atoms with Gasteiger partial charge in [-0.15, -0.1) is 0 Å². The number of rotatable bonds is 5. The van der Waals surface area contributed by atoms with Gasteiger partial charge in [0.15, 0.2) is 0 Å². The van der Waals surface area contributed by atoms with Crippen molar-refractivity contribution in [2.75, 3.05) is 18.9 Å². The lowest BCUT2D eigenvalue weighted by atomic mass is 9.92. The topological polar surface area (TPSA) is 66.9 Å². The molecule has 0 radical (unpaired) electrons. The molecule has 1 aliphatic rings. The minimum absolute atomic E-state index is 0.00905. The van der Waals surface area contributed by atoms with E-state index < -0.39 is 5.41 Å². The molecule has 110 valence electrons. The quantitative estimate of drug-likeness (QED) is 0.819. The second kappa shape index (κ2) is 5.56. The maximum absolute atomic E-state index is 11.8. The molecular weight excluding hydrogens is 276 g/mol. The predicted molar refractivity (Wildman–Crippen MR) is 80.1 cm³/mol. The summed E-state index contributed by atoms with van der Waals surface area (Å²) in [6, 6.07) is 0. The van der Waals surface area contributed by atoms with E-state index >= 15 is 0 Å². The molecule has 0 aliphatic heterocycles. The van der Waals surface area contributed by atoms with Gasteiger partial charge in [-0.2, -0.15) is 0 Å². The maximum Gasteiger partial charge on any atom is 0.227 e. The molecule has 0 atom stereocenters. The van der Waals surface area contributed by atoms with Crippen LogP contribution in [0.4, 0.5) is 5.82 Å².